The summed E-state index contributed by atoms with van der Waals surface area (Å²) in [5.74, 6) is 0. The van der Waals surface area contributed by atoms with Gasteiger partial charge in [0.25, 0.3) is 11.4 Å². The standard InChI is InChI=1S/C20H31N2O5/c1-2-3-4-5-6-9-12-15-19(21(24)25)18-20(22(26)27)16-13-10-7-8-11-14-17-23/h6,9,15-16H,2-5,7-8,10-14,18H2,1H3/b9-6+,19-15-,20-16-. The van der Waals surface area contributed by atoms with Crippen molar-refractivity contribution in [3.8, 4) is 0 Å². The van der Waals surface area contributed by atoms with Crippen molar-refractivity contribution in [3.05, 3.63) is 55.9 Å². The Morgan fingerprint density at radius 3 is 2.11 bits per heavy atom. The van der Waals surface area contributed by atoms with E-state index in [1.54, 1.807) is 0 Å². The fourth-order valence-electron chi connectivity index (χ4n) is 2.50. The number of hydrogen-bond acceptors (Lipinski definition) is 5. The lowest BCUT2D eigenvalue weighted by Crippen LogP contribution is -2.06. The van der Waals surface area contributed by atoms with Gasteiger partial charge >= 0.3 is 0 Å². The first-order chi connectivity index (χ1) is 13.0. The molecule has 0 fully saturated rings. The third-order valence-electron chi connectivity index (χ3n) is 4.07. The third-order valence-corrected chi connectivity index (χ3v) is 4.07. The predicted molar refractivity (Wildman–Crippen MR) is 106 cm³/mol. The summed E-state index contributed by atoms with van der Waals surface area (Å²) in [4.78, 5) is 31.4. The molecule has 0 N–H and O–H groups in total. The van der Waals surface area contributed by atoms with Crippen LogP contribution in [-0.4, -0.2) is 16.1 Å². The molecule has 0 aromatic rings. The largest absolute Gasteiger partial charge is 0.291 e. The number of nitro groups is 2. The maximum atomic E-state index is 11.2. The van der Waals surface area contributed by atoms with E-state index in [4.69, 9.17) is 0 Å². The van der Waals surface area contributed by atoms with Gasteiger partial charge < -0.3 is 0 Å². The van der Waals surface area contributed by atoms with E-state index in [1.165, 1.54) is 12.2 Å². The molecule has 0 heterocycles. The first-order valence-electron chi connectivity index (χ1n) is 9.69. The Balaban J connectivity index is 4.54. The molecule has 0 rings (SSSR count). The molecule has 0 bridgehead atoms. The van der Waals surface area contributed by atoms with Crippen LogP contribution in [0.4, 0.5) is 0 Å². The molecule has 0 aromatic heterocycles. The Morgan fingerprint density at radius 1 is 0.852 bits per heavy atom. The van der Waals surface area contributed by atoms with Gasteiger partial charge in [-0.2, -0.15) is 0 Å². The first-order valence-corrected chi connectivity index (χ1v) is 9.69. The fourth-order valence-corrected chi connectivity index (χ4v) is 2.50. The summed E-state index contributed by atoms with van der Waals surface area (Å²) in [5.41, 5.74) is -0.274. The van der Waals surface area contributed by atoms with E-state index in [9.17, 15) is 25.0 Å². The second kappa shape index (κ2) is 17.1. The van der Waals surface area contributed by atoms with E-state index < -0.39 is 9.85 Å². The summed E-state index contributed by atoms with van der Waals surface area (Å²) in [5, 5.41) is 22.3. The van der Waals surface area contributed by atoms with Crippen molar-refractivity contribution in [1.29, 1.82) is 0 Å². The Bertz CT molecular complexity index is 538. The molecule has 151 valence electrons. The highest BCUT2D eigenvalue weighted by Crippen LogP contribution is 2.16. The van der Waals surface area contributed by atoms with E-state index in [1.807, 2.05) is 18.4 Å². The monoisotopic (exact) mass is 379 g/mol. The van der Waals surface area contributed by atoms with E-state index in [0.29, 0.717) is 19.3 Å². The minimum atomic E-state index is -0.543. The maximum Gasteiger partial charge on any atom is 0.253 e. The maximum absolute atomic E-state index is 11.2. The molecule has 0 unspecified atom stereocenters. The van der Waals surface area contributed by atoms with Gasteiger partial charge in [-0.3, -0.25) is 25.0 Å². The summed E-state index contributed by atoms with van der Waals surface area (Å²) < 4.78 is 0. The van der Waals surface area contributed by atoms with Crippen molar-refractivity contribution in [3.63, 3.8) is 0 Å². The molecule has 0 saturated heterocycles. The zero-order valence-corrected chi connectivity index (χ0v) is 16.2. The topological polar surface area (TPSA) is 103 Å². The average Bonchev–Trinajstić information content (AvgIpc) is 2.63. The number of nitrogens with zero attached hydrogens (tertiary/aromatic N) is 2. The summed E-state index contributed by atoms with van der Waals surface area (Å²) in [6.45, 7) is 2.13. The molecule has 0 saturated carbocycles. The lowest BCUT2D eigenvalue weighted by Gasteiger charge is -1.99. The van der Waals surface area contributed by atoms with Crippen molar-refractivity contribution in [2.24, 2.45) is 0 Å². The van der Waals surface area contributed by atoms with E-state index in [-0.39, 0.29) is 17.8 Å². The second-order valence-electron chi connectivity index (χ2n) is 6.38. The number of rotatable bonds is 17. The molecule has 7 nitrogen and oxygen atoms in total. The summed E-state index contributed by atoms with van der Waals surface area (Å²) in [7, 11) is 0. The van der Waals surface area contributed by atoms with Crippen molar-refractivity contribution in [2.45, 2.75) is 84.0 Å². The Hall–Kier alpha value is -2.31. The molecule has 7 heteroatoms. The van der Waals surface area contributed by atoms with Gasteiger partial charge in [-0.25, -0.2) is 0 Å². The zero-order valence-electron chi connectivity index (χ0n) is 16.2. The molecule has 27 heavy (non-hydrogen) atoms. The molecule has 0 aliphatic carbocycles. The number of allylic oxidation sites excluding steroid dienone is 4. The molecule has 0 aromatic carbocycles. The second-order valence-corrected chi connectivity index (χ2v) is 6.38. The molecule has 0 aliphatic heterocycles. The molecule has 0 amide bonds. The Morgan fingerprint density at radius 2 is 1.48 bits per heavy atom. The Kier molecular flexibility index (Phi) is 15.7. The molecular weight excluding hydrogens is 348 g/mol. The van der Waals surface area contributed by atoms with Crippen LogP contribution in [0.1, 0.15) is 84.0 Å². The van der Waals surface area contributed by atoms with Crippen LogP contribution in [0.2, 0.25) is 0 Å². The van der Waals surface area contributed by atoms with Gasteiger partial charge in [0.1, 0.15) is 6.42 Å². The highest BCUT2D eigenvalue weighted by atomic mass is 16.6. The lowest BCUT2D eigenvalue weighted by atomic mass is 10.1. The number of carbonyl (C=O) groups excluding carboxylic acids is 1. The van der Waals surface area contributed by atoms with Crippen LogP contribution in [0.15, 0.2) is 35.7 Å². The van der Waals surface area contributed by atoms with Gasteiger partial charge in [0.05, 0.1) is 9.85 Å². The molecule has 1 radical (unpaired) electrons. The SMILES string of the molecule is CCCCC/C=C/C/C=C(/C/C(=C/CCCCCC[C]=O)[N+](=O)[O-])[N+](=O)[O-]. The summed E-state index contributed by atoms with van der Waals surface area (Å²) in [6, 6.07) is 0. The zero-order chi connectivity index (χ0) is 20.3. The normalized spacial score (nSPS) is 12.5. The molecule has 0 atom stereocenters. The lowest BCUT2D eigenvalue weighted by molar-refractivity contribution is -0.450. The van der Waals surface area contributed by atoms with E-state index in [0.717, 1.165) is 51.4 Å². The summed E-state index contributed by atoms with van der Waals surface area (Å²) in [6.07, 6.45) is 17.3. The van der Waals surface area contributed by atoms with Gasteiger partial charge in [-0.15, -0.1) is 0 Å². The van der Waals surface area contributed by atoms with E-state index >= 15 is 0 Å². The van der Waals surface area contributed by atoms with Crippen LogP contribution in [0.5, 0.6) is 0 Å². The van der Waals surface area contributed by atoms with Gasteiger partial charge in [-0.05, 0) is 50.7 Å². The smallest absolute Gasteiger partial charge is 0.253 e. The highest BCUT2D eigenvalue weighted by molar-refractivity contribution is 5.50. The highest BCUT2D eigenvalue weighted by Gasteiger charge is 2.20. The third kappa shape index (κ3) is 14.5. The van der Waals surface area contributed by atoms with Gasteiger partial charge in [-0.1, -0.05) is 44.8 Å². The van der Waals surface area contributed by atoms with Crippen LogP contribution in [-0.2, 0) is 4.79 Å². The van der Waals surface area contributed by atoms with Gasteiger partial charge in [0, 0.05) is 6.42 Å². The van der Waals surface area contributed by atoms with Crippen LogP contribution in [0.3, 0.4) is 0 Å². The van der Waals surface area contributed by atoms with Crippen molar-refractivity contribution in [1.82, 2.24) is 0 Å². The quantitative estimate of drug-likeness (QED) is 0.140. The van der Waals surface area contributed by atoms with Gasteiger partial charge in [0.2, 0.25) is 0 Å². The van der Waals surface area contributed by atoms with Crippen molar-refractivity contribution >= 4 is 6.29 Å². The Labute approximate surface area is 161 Å². The van der Waals surface area contributed by atoms with Gasteiger partial charge in [0.15, 0.2) is 6.29 Å². The molecular formula is C20H31N2O5. The fraction of sp³-hybridized carbons (Fsp3) is 0.650. The predicted octanol–water partition coefficient (Wildman–Crippen LogP) is 5.67. The minimum absolute atomic E-state index is 0.133. The number of hydrogen-bond donors (Lipinski definition) is 0. The van der Waals surface area contributed by atoms with Crippen LogP contribution in [0, 0.1) is 20.2 Å². The molecule has 0 aliphatic rings. The molecule has 0 spiro atoms. The first kappa shape index (κ1) is 24.7. The number of unbranched alkanes of at least 4 members (excludes halogenated alkanes) is 8. The van der Waals surface area contributed by atoms with Crippen LogP contribution >= 0.6 is 0 Å². The van der Waals surface area contributed by atoms with Crippen molar-refractivity contribution < 1.29 is 14.6 Å². The van der Waals surface area contributed by atoms with E-state index in [2.05, 4.69) is 6.92 Å². The summed E-state index contributed by atoms with van der Waals surface area (Å²) >= 11 is 0. The van der Waals surface area contributed by atoms with Crippen LogP contribution < -0.4 is 0 Å². The minimum Gasteiger partial charge on any atom is -0.291 e. The average molecular weight is 379 g/mol. The van der Waals surface area contributed by atoms with Crippen LogP contribution in [0.25, 0.3) is 0 Å². The van der Waals surface area contributed by atoms with Crippen molar-refractivity contribution in [2.75, 3.05) is 0 Å².